The summed E-state index contributed by atoms with van der Waals surface area (Å²) in [6, 6.07) is 29.4. The van der Waals surface area contributed by atoms with E-state index in [1.807, 2.05) is 54.6 Å². The smallest absolute Gasteiger partial charge is 0.264 e. The quantitative estimate of drug-likeness (QED) is 0.329. The van der Waals surface area contributed by atoms with E-state index in [2.05, 4.69) is 5.32 Å². The van der Waals surface area contributed by atoms with Crippen LogP contribution in [0.3, 0.4) is 0 Å². The third-order valence-corrected chi connectivity index (χ3v) is 8.07. The summed E-state index contributed by atoms with van der Waals surface area (Å²) in [7, 11) is -2.53. The van der Waals surface area contributed by atoms with E-state index < -0.39 is 15.9 Å². The Morgan fingerprint density at radius 1 is 0.897 bits per heavy atom. The van der Waals surface area contributed by atoms with Gasteiger partial charge >= 0.3 is 0 Å². The van der Waals surface area contributed by atoms with E-state index in [0.29, 0.717) is 17.2 Å². The first-order chi connectivity index (χ1) is 19.0. The molecule has 0 aliphatic carbocycles. The number of hydrogen-bond donors (Lipinski definition) is 1. The molecular weight excluding hydrogens is 516 g/mol. The van der Waals surface area contributed by atoms with Gasteiger partial charge < -0.3 is 19.5 Å². The molecule has 1 atom stereocenters. The lowest BCUT2D eigenvalue weighted by Gasteiger charge is -2.28. The minimum Gasteiger partial charge on any atom is -0.497 e. The van der Waals surface area contributed by atoms with E-state index >= 15 is 0 Å². The Labute approximate surface area is 227 Å². The summed E-state index contributed by atoms with van der Waals surface area (Å²) < 4.78 is 46.0. The predicted molar refractivity (Wildman–Crippen MR) is 148 cm³/mol. The lowest BCUT2D eigenvalue weighted by Crippen LogP contribution is -2.41. The molecule has 0 bridgehead atoms. The normalized spacial score (nSPS) is 14.3. The first kappa shape index (κ1) is 26.1. The van der Waals surface area contributed by atoms with Crippen LogP contribution in [0.15, 0.2) is 108 Å². The van der Waals surface area contributed by atoms with Gasteiger partial charge in [0.2, 0.25) is 0 Å². The van der Waals surface area contributed by atoms with Gasteiger partial charge in [-0.05, 0) is 54.1 Å². The highest BCUT2D eigenvalue weighted by atomic mass is 32.2. The Hall–Kier alpha value is -4.50. The van der Waals surface area contributed by atoms with Crippen LogP contribution in [0.2, 0.25) is 0 Å². The topological polar surface area (TPSA) is 94.2 Å². The number of carbonyl (C=O) groups is 1. The molecule has 9 heteroatoms. The maximum Gasteiger partial charge on any atom is 0.264 e. The number of anilines is 1. The van der Waals surface area contributed by atoms with Crippen molar-refractivity contribution in [2.45, 2.75) is 17.5 Å². The molecule has 4 aromatic carbocycles. The van der Waals surface area contributed by atoms with Crippen molar-refractivity contribution in [3.63, 3.8) is 0 Å². The fourth-order valence-electron chi connectivity index (χ4n) is 4.27. The maximum atomic E-state index is 14.0. The number of hydrogen-bond acceptors (Lipinski definition) is 6. The van der Waals surface area contributed by atoms with Gasteiger partial charge in [0.15, 0.2) is 11.5 Å². The second-order valence-electron chi connectivity index (χ2n) is 8.90. The van der Waals surface area contributed by atoms with Crippen LogP contribution in [-0.2, 0) is 16.6 Å². The van der Waals surface area contributed by atoms with Gasteiger partial charge in [0, 0.05) is 0 Å². The summed E-state index contributed by atoms with van der Waals surface area (Å²) in [5.74, 6) is 1.39. The van der Waals surface area contributed by atoms with Crippen LogP contribution in [0.5, 0.6) is 17.2 Å². The number of methoxy groups -OCH3 is 1. The zero-order valence-corrected chi connectivity index (χ0v) is 22.1. The molecule has 1 heterocycles. The first-order valence-electron chi connectivity index (χ1n) is 12.4. The van der Waals surface area contributed by atoms with Crippen molar-refractivity contribution in [1.29, 1.82) is 0 Å². The molecule has 0 spiro atoms. The van der Waals surface area contributed by atoms with Crippen LogP contribution in [0.1, 0.15) is 15.9 Å². The Bertz CT molecular complexity index is 1540. The molecule has 200 valence electrons. The maximum absolute atomic E-state index is 14.0. The van der Waals surface area contributed by atoms with Crippen molar-refractivity contribution in [1.82, 2.24) is 5.32 Å². The van der Waals surface area contributed by atoms with Crippen LogP contribution in [0.25, 0.3) is 0 Å². The van der Waals surface area contributed by atoms with Gasteiger partial charge in [-0.2, -0.15) is 0 Å². The van der Waals surface area contributed by atoms with Crippen molar-refractivity contribution in [2.75, 3.05) is 24.6 Å². The standard InChI is InChI=1S/C30H28N2O6S/c1-36-23-15-17-25(18-16-23)39(34,35)32(20-22-9-3-2-4-10-22)27-12-6-5-11-26(27)30(33)31-19-24-21-37-28-13-7-8-14-29(28)38-24/h2-18,24H,19-21H2,1H3,(H,31,33). The van der Waals surface area contributed by atoms with E-state index in [-0.39, 0.29) is 41.9 Å². The Balaban J connectivity index is 1.43. The zero-order valence-electron chi connectivity index (χ0n) is 21.3. The molecule has 0 radical (unpaired) electrons. The SMILES string of the molecule is COc1ccc(S(=O)(=O)N(Cc2ccccc2)c2ccccc2C(=O)NCC2COc3ccccc3O2)cc1. The fourth-order valence-corrected chi connectivity index (χ4v) is 5.74. The van der Waals surface area contributed by atoms with E-state index in [9.17, 15) is 13.2 Å². The number of nitrogens with one attached hydrogen (secondary N) is 1. The van der Waals surface area contributed by atoms with Crippen LogP contribution < -0.4 is 23.8 Å². The minimum absolute atomic E-state index is 0.0376. The van der Waals surface area contributed by atoms with Crippen molar-refractivity contribution in [3.05, 3.63) is 114 Å². The van der Waals surface area contributed by atoms with E-state index in [1.165, 1.54) is 23.5 Å². The Morgan fingerprint density at radius 3 is 2.31 bits per heavy atom. The molecule has 5 rings (SSSR count). The number of amides is 1. The third kappa shape index (κ3) is 5.83. The average molecular weight is 545 g/mol. The third-order valence-electron chi connectivity index (χ3n) is 6.29. The van der Waals surface area contributed by atoms with Crippen molar-refractivity contribution in [3.8, 4) is 17.2 Å². The number of nitrogens with zero attached hydrogens (tertiary/aromatic N) is 1. The molecule has 1 N–H and O–H groups in total. The highest BCUT2D eigenvalue weighted by molar-refractivity contribution is 7.92. The predicted octanol–water partition coefficient (Wildman–Crippen LogP) is 4.66. The van der Waals surface area contributed by atoms with E-state index in [0.717, 1.165) is 5.56 Å². The van der Waals surface area contributed by atoms with Gasteiger partial charge in [0.25, 0.3) is 15.9 Å². The second kappa shape index (κ2) is 11.5. The Morgan fingerprint density at radius 2 is 1.56 bits per heavy atom. The number of rotatable bonds is 9. The van der Waals surface area contributed by atoms with Gasteiger partial charge in [-0.15, -0.1) is 0 Å². The molecule has 0 saturated heterocycles. The summed E-state index contributed by atoms with van der Waals surface area (Å²) in [4.78, 5) is 13.5. The number of sulfonamides is 1. The van der Waals surface area contributed by atoms with Gasteiger partial charge in [-0.3, -0.25) is 9.10 Å². The highest BCUT2D eigenvalue weighted by Gasteiger charge is 2.29. The lowest BCUT2D eigenvalue weighted by atomic mass is 10.1. The Kier molecular flexibility index (Phi) is 7.69. The molecule has 1 unspecified atom stereocenters. The number of fused-ring (bicyclic) bond motifs is 1. The number of benzene rings is 4. The fraction of sp³-hybridized carbons (Fsp3) is 0.167. The molecule has 1 aliphatic rings. The van der Waals surface area contributed by atoms with E-state index in [4.69, 9.17) is 14.2 Å². The summed E-state index contributed by atoms with van der Waals surface area (Å²) in [6.45, 7) is 0.506. The molecule has 39 heavy (non-hydrogen) atoms. The molecule has 1 amide bonds. The molecule has 1 aliphatic heterocycles. The largest absolute Gasteiger partial charge is 0.497 e. The molecule has 0 saturated carbocycles. The number of ether oxygens (including phenoxy) is 3. The summed E-state index contributed by atoms with van der Waals surface area (Å²) >= 11 is 0. The molecular formula is C30H28N2O6S. The summed E-state index contributed by atoms with van der Waals surface area (Å²) in [5.41, 5.74) is 1.26. The molecule has 8 nitrogen and oxygen atoms in total. The highest BCUT2D eigenvalue weighted by Crippen LogP contribution is 2.32. The summed E-state index contributed by atoms with van der Waals surface area (Å²) in [5, 5.41) is 2.88. The average Bonchev–Trinajstić information content (AvgIpc) is 2.99. The van der Waals surface area contributed by atoms with Gasteiger partial charge in [0.1, 0.15) is 18.5 Å². The first-order valence-corrected chi connectivity index (χ1v) is 13.9. The van der Waals surface area contributed by atoms with Crippen molar-refractivity contribution < 1.29 is 27.4 Å². The van der Waals surface area contributed by atoms with Crippen molar-refractivity contribution in [2.24, 2.45) is 0 Å². The van der Waals surface area contributed by atoms with Crippen LogP contribution in [0, 0.1) is 0 Å². The molecule has 0 fully saturated rings. The van der Waals surface area contributed by atoms with Crippen LogP contribution >= 0.6 is 0 Å². The van der Waals surface area contributed by atoms with Crippen LogP contribution in [-0.4, -0.2) is 40.7 Å². The van der Waals surface area contributed by atoms with Gasteiger partial charge in [-0.25, -0.2) is 8.42 Å². The van der Waals surface area contributed by atoms with Crippen molar-refractivity contribution >= 4 is 21.6 Å². The number of carbonyl (C=O) groups excluding carboxylic acids is 1. The van der Waals surface area contributed by atoms with Gasteiger partial charge in [0.05, 0.1) is 36.3 Å². The van der Waals surface area contributed by atoms with Crippen LogP contribution in [0.4, 0.5) is 5.69 Å². The monoisotopic (exact) mass is 544 g/mol. The zero-order chi connectivity index (χ0) is 27.2. The molecule has 4 aromatic rings. The van der Waals surface area contributed by atoms with Gasteiger partial charge in [-0.1, -0.05) is 54.6 Å². The van der Waals surface area contributed by atoms with E-state index in [1.54, 1.807) is 36.4 Å². The lowest BCUT2D eigenvalue weighted by molar-refractivity contribution is 0.0789. The molecule has 0 aromatic heterocycles. The summed E-state index contributed by atoms with van der Waals surface area (Å²) in [6.07, 6.45) is -0.389. The second-order valence-corrected chi connectivity index (χ2v) is 10.8. The number of para-hydroxylation sites is 3. The minimum atomic E-state index is -4.05.